The third-order valence-corrected chi connectivity index (χ3v) is 4.54. The summed E-state index contributed by atoms with van der Waals surface area (Å²) in [6.07, 6.45) is 5.93. The largest absolute Gasteiger partial charge is 0.339 e. The Morgan fingerprint density at radius 3 is 2.80 bits per heavy atom. The van der Waals surface area contributed by atoms with Crippen LogP contribution in [-0.4, -0.2) is 15.5 Å². The summed E-state index contributed by atoms with van der Waals surface area (Å²) in [5, 5.41) is 2.85. The van der Waals surface area contributed by atoms with Gasteiger partial charge >= 0.3 is 0 Å². The SMILES string of the molecule is Cc1cc(NC(=O)c2cc(Br)cn2C2CC2)ncc1Br. The lowest BCUT2D eigenvalue weighted by atomic mass is 10.3. The fourth-order valence-corrected chi connectivity index (χ4v) is 2.72. The normalized spacial score (nSPS) is 14.3. The van der Waals surface area contributed by atoms with Crippen molar-refractivity contribution < 1.29 is 4.79 Å². The summed E-state index contributed by atoms with van der Waals surface area (Å²) < 4.78 is 3.89. The highest BCUT2D eigenvalue weighted by Gasteiger charge is 2.27. The molecule has 2 aromatic rings. The van der Waals surface area contributed by atoms with Crippen LogP contribution in [-0.2, 0) is 0 Å². The monoisotopic (exact) mass is 397 g/mol. The maximum absolute atomic E-state index is 12.4. The van der Waals surface area contributed by atoms with Crippen molar-refractivity contribution in [1.29, 1.82) is 0 Å². The topological polar surface area (TPSA) is 46.9 Å². The third-order valence-electron chi connectivity index (χ3n) is 3.28. The smallest absolute Gasteiger partial charge is 0.273 e. The van der Waals surface area contributed by atoms with Crippen LogP contribution in [0.3, 0.4) is 0 Å². The van der Waals surface area contributed by atoms with E-state index in [0.717, 1.165) is 27.4 Å². The fourth-order valence-electron chi connectivity index (χ4n) is 2.07. The van der Waals surface area contributed by atoms with Crippen molar-refractivity contribution in [2.24, 2.45) is 0 Å². The van der Waals surface area contributed by atoms with E-state index in [9.17, 15) is 4.79 Å². The van der Waals surface area contributed by atoms with E-state index in [1.807, 2.05) is 29.8 Å². The number of nitrogens with one attached hydrogen (secondary N) is 1. The first kappa shape index (κ1) is 13.8. The zero-order valence-electron chi connectivity index (χ0n) is 10.9. The summed E-state index contributed by atoms with van der Waals surface area (Å²) in [6, 6.07) is 4.16. The number of carbonyl (C=O) groups is 1. The van der Waals surface area contributed by atoms with Gasteiger partial charge in [0.1, 0.15) is 11.5 Å². The van der Waals surface area contributed by atoms with E-state index in [4.69, 9.17) is 0 Å². The van der Waals surface area contributed by atoms with Crippen LogP contribution in [0.1, 0.15) is 34.9 Å². The number of amides is 1. The molecule has 1 aliphatic rings. The molecule has 0 atom stereocenters. The molecule has 20 heavy (non-hydrogen) atoms. The van der Waals surface area contributed by atoms with Crippen molar-refractivity contribution in [1.82, 2.24) is 9.55 Å². The van der Waals surface area contributed by atoms with Crippen molar-refractivity contribution in [3.63, 3.8) is 0 Å². The number of carbonyl (C=O) groups excluding carboxylic acids is 1. The Morgan fingerprint density at radius 1 is 1.40 bits per heavy atom. The zero-order chi connectivity index (χ0) is 14.3. The number of aryl methyl sites for hydroxylation is 1. The van der Waals surface area contributed by atoms with Crippen LogP contribution in [0.15, 0.2) is 33.5 Å². The van der Waals surface area contributed by atoms with Gasteiger partial charge < -0.3 is 9.88 Å². The molecule has 1 N–H and O–H groups in total. The molecule has 0 aliphatic heterocycles. The van der Waals surface area contributed by atoms with E-state index >= 15 is 0 Å². The standard InChI is InChI=1S/C14H13Br2N3O/c1-8-4-13(17-6-11(8)16)18-14(20)12-5-9(15)7-19(12)10-2-3-10/h4-7,10H,2-3H2,1H3,(H,17,18,20). The maximum Gasteiger partial charge on any atom is 0.273 e. The molecule has 0 unspecified atom stereocenters. The molecule has 2 heterocycles. The first-order valence-electron chi connectivity index (χ1n) is 6.35. The minimum Gasteiger partial charge on any atom is -0.339 e. The van der Waals surface area contributed by atoms with E-state index in [-0.39, 0.29) is 5.91 Å². The van der Waals surface area contributed by atoms with Crippen molar-refractivity contribution in [2.75, 3.05) is 5.32 Å². The van der Waals surface area contributed by atoms with Gasteiger partial charge in [-0.05, 0) is 69.3 Å². The molecule has 0 aromatic carbocycles. The Bertz CT molecular complexity index is 677. The third kappa shape index (κ3) is 2.81. The summed E-state index contributed by atoms with van der Waals surface area (Å²) in [6.45, 7) is 1.96. The van der Waals surface area contributed by atoms with Crippen molar-refractivity contribution in [2.45, 2.75) is 25.8 Å². The minimum absolute atomic E-state index is 0.128. The van der Waals surface area contributed by atoms with Crippen LogP contribution >= 0.6 is 31.9 Å². The molecule has 3 rings (SSSR count). The minimum atomic E-state index is -0.128. The van der Waals surface area contributed by atoms with Crippen molar-refractivity contribution >= 4 is 43.6 Å². The summed E-state index contributed by atoms with van der Waals surface area (Å²) in [7, 11) is 0. The molecule has 2 aromatic heterocycles. The van der Waals surface area contributed by atoms with Crippen LogP contribution in [0.4, 0.5) is 5.82 Å². The number of anilines is 1. The average molecular weight is 399 g/mol. The molecular formula is C14H13Br2N3O. The summed E-state index contributed by atoms with van der Waals surface area (Å²) in [5.41, 5.74) is 1.70. The Morgan fingerprint density at radius 2 is 2.15 bits per heavy atom. The van der Waals surface area contributed by atoms with Crippen molar-refractivity contribution in [3.05, 3.63) is 44.7 Å². The van der Waals surface area contributed by atoms with E-state index < -0.39 is 0 Å². The molecule has 4 nitrogen and oxygen atoms in total. The van der Waals surface area contributed by atoms with Crippen molar-refractivity contribution in [3.8, 4) is 0 Å². The number of hydrogen-bond acceptors (Lipinski definition) is 2. The van der Waals surface area contributed by atoms with Crippen LogP contribution in [0.5, 0.6) is 0 Å². The van der Waals surface area contributed by atoms with Gasteiger partial charge in [-0.3, -0.25) is 4.79 Å². The average Bonchev–Trinajstić information content (AvgIpc) is 3.17. The molecule has 0 radical (unpaired) electrons. The highest BCUT2D eigenvalue weighted by molar-refractivity contribution is 9.10. The Kier molecular flexibility index (Phi) is 3.69. The molecule has 1 fully saturated rings. The highest BCUT2D eigenvalue weighted by atomic mass is 79.9. The van der Waals surface area contributed by atoms with Crippen LogP contribution < -0.4 is 5.32 Å². The van der Waals surface area contributed by atoms with E-state index in [2.05, 4.69) is 42.2 Å². The molecule has 6 heteroatoms. The summed E-state index contributed by atoms with van der Waals surface area (Å²) in [5.74, 6) is 0.437. The molecule has 104 valence electrons. The van der Waals surface area contributed by atoms with Gasteiger partial charge in [-0.15, -0.1) is 0 Å². The quantitative estimate of drug-likeness (QED) is 0.837. The van der Waals surface area contributed by atoms with E-state index in [1.165, 1.54) is 0 Å². The second kappa shape index (κ2) is 5.33. The van der Waals surface area contributed by atoms with Gasteiger partial charge in [-0.25, -0.2) is 4.98 Å². The maximum atomic E-state index is 12.4. The van der Waals surface area contributed by atoms with Gasteiger partial charge in [0.05, 0.1) is 0 Å². The Balaban J connectivity index is 1.84. The number of aromatic nitrogens is 2. The number of hydrogen-bond donors (Lipinski definition) is 1. The fraction of sp³-hybridized carbons (Fsp3) is 0.286. The van der Waals surface area contributed by atoms with Gasteiger partial charge in [0.15, 0.2) is 0 Å². The molecule has 0 spiro atoms. The molecule has 1 aliphatic carbocycles. The second-order valence-electron chi connectivity index (χ2n) is 4.95. The number of nitrogens with zero attached hydrogens (tertiary/aromatic N) is 2. The van der Waals surface area contributed by atoms with Gasteiger partial charge in [0.25, 0.3) is 5.91 Å². The van der Waals surface area contributed by atoms with E-state index in [1.54, 1.807) is 6.20 Å². The zero-order valence-corrected chi connectivity index (χ0v) is 14.0. The molecule has 0 bridgehead atoms. The first-order valence-corrected chi connectivity index (χ1v) is 7.94. The first-order chi connectivity index (χ1) is 9.54. The lowest BCUT2D eigenvalue weighted by Crippen LogP contribution is -2.17. The summed E-state index contributed by atoms with van der Waals surface area (Å²) >= 11 is 6.83. The van der Waals surface area contributed by atoms with Crippen LogP contribution in [0.2, 0.25) is 0 Å². The molecular weight excluding hydrogens is 386 g/mol. The van der Waals surface area contributed by atoms with Gasteiger partial charge in [-0.2, -0.15) is 0 Å². The molecule has 1 saturated carbocycles. The molecule has 0 saturated heterocycles. The van der Waals surface area contributed by atoms with E-state index in [0.29, 0.717) is 17.6 Å². The van der Waals surface area contributed by atoms with Gasteiger partial charge in [0.2, 0.25) is 0 Å². The number of halogens is 2. The predicted octanol–water partition coefficient (Wildman–Crippen LogP) is 4.30. The van der Waals surface area contributed by atoms with Gasteiger partial charge in [0, 0.05) is 27.4 Å². The second-order valence-corrected chi connectivity index (χ2v) is 6.72. The summed E-state index contributed by atoms with van der Waals surface area (Å²) in [4.78, 5) is 16.6. The lowest BCUT2D eigenvalue weighted by Gasteiger charge is -2.09. The predicted molar refractivity (Wildman–Crippen MR) is 85.0 cm³/mol. The number of pyridine rings is 1. The van der Waals surface area contributed by atoms with Gasteiger partial charge in [-0.1, -0.05) is 0 Å². The Hall–Kier alpha value is -1.14. The van der Waals surface area contributed by atoms with Crippen LogP contribution in [0.25, 0.3) is 0 Å². The number of rotatable bonds is 3. The highest BCUT2D eigenvalue weighted by Crippen LogP contribution is 2.37. The lowest BCUT2D eigenvalue weighted by molar-refractivity contribution is 0.101. The Labute approximate surface area is 133 Å². The van der Waals surface area contributed by atoms with Crippen LogP contribution in [0, 0.1) is 6.92 Å². The molecule has 1 amide bonds.